The zero-order valence-corrected chi connectivity index (χ0v) is 18.6. The SMILES string of the molecule is CN=C(NCC1CCN(Cc2cccs2)CC1)NCC(C)(C)N1CCOCC1. The first-order valence-corrected chi connectivity index (χ1v) is 11.5. The van der Waals surface area contributed by atoms with Crippen LogP contribution in [0.4, 0.5) is 0 Å². The van der Waals surface area contributed by atoms with Gasteiger partial charge >= 0.3 is 0 Å². The number of hydrogen-bond acceptors (Lipinski definition) is 5. The predicted molar refractivity (Wildman–Crippen MR) is 118 cm³/mol. The topological polar surface area (TPSA) is 52.1 Å². The molecule has 0 aliphatic carbocycles. The van der Waals surface area contributed by atoms with Crippen LogP contribution in [0.3, 0.4) is 0 Å². The van der Waals surface area contributed by atoms with Crippen molar-refractivity contribution in [3.63, 3.8) is 0 Å². The van der Waals surface area contributed by atoms with E-state index < -0.39 is 0 Å². The third-order valence-electron chi connectivity index (χ3n) is 6.00. The Kier molecular flexibility index (Phi) is 8.14. The van der Waals surface area contributed by atoms with Gasteiger partial charge < -0.3 is 15.4 Å². The van der Waals surface area contributed by atoms with Crippen molar-refractivity contribution < 1.29 is 4.74 Å². The van der Waals surface area contributed by atoms with Crippen LogP contribution in [0.25, 0.3) is 0 Å². The fourth-order valence-electron chi connectivity index (χ4n) is 4.01. The number of morpholine rings is 1. The van der Waals surface area contributed by atoms with E-state index in [4.69, 9.17) is 4.74 Å². The maximum absolute atomic E-state index is 5.48. The van der Waals surface area contributed by atoms with Gasteiger partial charge in [0.05, 0.1) is 13.2 Å². The second-order valence-corrected chi connectivity index (χ2v) is 9.55. The van der Waals surface area contributed by atoms with E-state index >= 15 is 0 Å². The summed E-state index contributed by atoms with van der Waals surface area (Å²) in [4.78, 5) is 11.0. The Bertz CT molecular complexity index is 590. The maximum Gasteiger partial charge on any atom is 0.191 e. The Morgan fingerprint density at radius 3 is 2.61 bits per heavy atom. The Morgan fingerprint density at radius 1 is 1.21 bits per heavy atom. The number of rotatable bonds is 7. The molecule has 0 bridgehead atoms. The van der Waals surface area contributed by atoms with Crippen LogP contribution in [0.5, 0.6) is 0 Å². The summed E-state index contributed by atoms with van der Waals surface area (Å²) in [6, 6.07) is 4.39. The average molecular weight is 408 g/mol. The highest BCUT2D eigenvalue weighted by Gasteiger charge is 2.28. The molecule has 0 amide bonds. The molecule has 3 heterocycles. The van der Waals surface area contributed by atoms with Gasteiger partial charge in [0.2, 0.25) is 0 Å². The van der Waals surface area contributed by atoms with Crippen LogP contribution in [0, 0.1) is 5.92 Å². The van der Waals surface area contributed by atoms with E-state index in [9.17, 15) is 0 Å². The van der Waals surface area contributed by atoms with Gasteiger partial charge in [0.25, 0.3) is 0 Å². The Labute approximate surface area is 174 Å². The summed E-state index contributed by atoms with van der Waals surface area (Å²) >= 11 is 1.86. The molecule has 6 nitrogen and oxygen atoms in total. The molecule has 0 radical (unpaired) electrons. The number of nitrogens with zero attached hydrogens (tertiary/aromatic N) is 3. The molecule has 2 saturated heterocycles. The first-order valence-electron chi connectivity index (χ1n) is 10.6. The van der Waals surface area contributed by atoms with Crippen molar-refractivity contribution in [3.8, 4) is 0 Å². The van der Waals surface area contributed by atoms with E-state index in [1.54, 1.807) is 0 Å². The largest absolute Gasteiger partial charge is 0.379 e. The zero-order chi connectivity index (χ0) is 19.8. The lowest BCUT2D eigenvalue weighted by atomic mass is 9.97. The highest BCUT2D eigenvalue weighted by atomic mass is 32.1. The lowest BCUT2D eigenvalue weighted by Gasteiger charge is -2.41. The summed E-state index contributed by atoms with van der Waals surface area (Å²) in [5.74, 6) is 1.65. The van der Waals surface area contributed by atoms with Gasteiger partial charge in [-0.2, -0.15) is 0 Å². The third kappa shape index (κ3) is 6.44. The molecule has 7 heteroatoms. The highest BCUT2D eigenvalue weighted by Crippen LogP contribution is 2.20. The molecule has 1 aromatic rings. The van der Waals surface area contributed by atoms with Crippen LogP contribution >= 0.6 is 11.3 Å². The summed E-state index contributed by atoms with van der Waals surface area (Å²) in [6.07, 6.45) is 2.52. The van der Waals surface area contributed by atoms with E-state index in [1.165, 1.54) is 30.8 Å². The molecule has 0 spiro atoms. The van der Waals surface area contributed by atoms with Crippen LogP contribution in [0.15, 0.2) is 22.5 Å². The number of piperidine rings is 1. The summed E-state index contributed by atoms with van der Waals surface area (Å²) in [5, 5.41) is 9.26. The number of thiophene rings is 1. The lowest BCUT2D eigenvalue weighted by Crippen LogP contribution is -2.56. The minimum absolute atomic E-state index is 0.0918. The van der Waals surface area contributed by atoms with Gasteiger partial charge in [-0.05, 0) is 57.1 Å². The summed E-state index contributed by atoms with van der Waals surface area (Å²) in [6.45, 7) is 13.7. The van der Waals surface area contributed by atoms with Crippen LogP contribution in [-0.2, 0) is 11.3 Å². The van der Waals surface area contributed by atoms with Crippen molar-refractivity contribution in [2.24, 2.45) is 10.9 Å². The molecule has 28 heavy (non-hydrogen) atoms. The van der Waals surface area contributed by atoms with Gasteiger partial charge in [0.1, 0.15) is 0 Å². The van der Waals surface area contributed by atoms with Crippen molar-refractivity contribution >= 4 is 17.3 Å². The molecule has 0 aromatic carbocycles. The molecule has 158 valence electrons. The van der Waals surface area contributed by atoms with Gasteiger partial charge in [0, 0.05) is 50.2 Å². The number of likely N-dealkylation sites (tertiary alicyclic amines) is 1. The Morgan fingerprint density at radius 2 is 1.96 bits per heavy atom. The number of ether oxygens (including phenoxy) is 1. The number of aliphatic imine (C=N–C) groups is 1. The molecule has 3 rings (SSSR count). The van der Waals surface area contributed by atoms with Crippen LogP contribution in [-0.4, -0.2) is 80.8 Å². The van der Waals surface area contributed by atoms with E-state index in [-0.39, 0.29) is 5.54 Å². The molecule has 2 fully saturated rings. The molecular formula is C21H37N5OS. The van der Waals surface area contributed by atoms with Crippen molar-refractivity contribution in [1.82, 2.24) is 20.4 Å². The normalized spacial score (nSPS) is 21.0. The van der Waals surface area contributed by atoms with Gasteiger partial charge in [-0.1, -0.05) is 6.07 Å². The minimum atomic E-state index is 0.0918. The van der Waals surface area contributed by atoms with E-state index in [0.29, 0.717) is 0 Å². The van der Waals surface area contributed by atoms with Crippen molar-refractivity contribution in [1.29, 1.82) is 0 Å². The lowest BCUT2D eigenvalue weighted by molar-refractivity contribution is -0.00834. The van der Waals surface area contributed by atoms with Crippen molar-refractivity contribution in [2.75, 3.05) is 59.5 Å². The van der Waals surface area contributed by atoms with E-state index in [0.717, 1.165) is 57.8 Å². The fourth-order valence-corrected chi connectivity index (χ4v) is 4.76. The van der Waals surface area contributed by atoms with E-state index in [2.05, 4.69) is 56.8 Å². The number of hydrogen-bond donors (Lipinski definition) is 2. The minimum Gasteiger partial charge on any atom is -0.379 e. The second kappa shape index (κ2) is 10.6. The van der Waals surface area contributed by atoms with Crippen molar-refractivity contribution in [3.05, 3.63) is 22.4 Å². The van der Waals surface area contributed by atoms with Gasteiger partial charge in [-0.25, -0.2) is 0 Å². The van der Waals surface area contributed by atoms with Crippen LogP contribution < -0.4 is 10.6 Å². The summed E-state index contributed by atoms with van der Waals surface area (Å²) < 4.78 is 5.48. The third-order valence-corrected chi connectivity index (χ3v) is 6.87. The second-order valence-electron chi connectivity index (χ2n) is 8.52. The summed E-state index contributed by atoms with van der Waals surface area (Å²) in [5.41, 5.74) is 0.0918. The van der Waals surface area contributed by atoms with Crippen LogP contribution in [0.1, 0.15) is 31.6 Å². The van der Waals surface area contributed by atoms with Gasteiger partial charge in [0.15, 0.2) is 5.96 Å². The first kappa shape index (κ1) is 21.6. The molecule has 2 N–H and O–H groups in total. The smallest absolute Gasteiger partial charge is 0.191 e. The monoisotopic (exact) mass is 407 g/mol. The number of nitrogens with one attached hydrogen (secondary N) is 2. The molecule has 2 aliphatic rings. The van der Waals surface area contributed by atoms with Crippen molar-refractivity contribution in [2.45, 2.75) is 38.8 Å². The molecule has 2 aliphatic heterocycles. The average Bonchev–Trinajstić information content (AvgIpc) is 3.23. The van der Waals surface area contributed by atoms with Crippen LogP contribution in [0.2, 0.25) is 0 Å². The molecule has 0 unspecified atom stereocenters. The Hall–Kier alpha value is -1.15. The van der Waals surface area contributed by atoms with Gasteiger partial charge in [-0.3, -0.25) is 14.8 Å². The standard InChI is InChI=1S/C21H37N5OS/c1-21(2,26-10-12-27-13-11-26)17-24-20(22-3)23-15-18-6-8-25(9-7-18)16-19-5-4-14-28-19/h4-5,14,18H,6-13,15-17H2,1-3H3,(H2,22,23,24). The quantitative estimate of drug-likeness (QED) is 0.536. The number of guanidine groups is 1. The molecule has 0 atom stereocenters. The highest BCUT2D eigenvalue weighted by molar-refractivity contribution is 7.09. The molecule has 1 aromatic heterocycles. The summed E-state index contributed by atoms with van der Waals surface area (Å²) in [7, 11) is 1.86. The fraction of sp³-hybridized carbons (Fsp3) is 0.762. The van der Waals surface area contributed by atoms with Gasteiger partial charge in [-0.15, -0.1) is 11.3 Å². The zero-order valence-electron chi connectivity index (χ0n) is 17.7. The van der Waals surface area contributed by atoms with E-state index in [1.807, 2.05) is 18.4 Å². The molecular weight excluding hydrogens is 370 g/mol. The first-order chi connectivity index (χ1) is 13.6. The molecule has 0 saturated carbocycles. The predicted octanol–water partition coefficient (Wildman–Crippen LogP) is 2.24. The Balaban J connectivity index is 1.35. The maximum atomic E-state index is 5.48.